The quantitative estimate of drug-likeness (QED) is 0.349. The minimum absolute atomic E-state index is 0.286. The van der Waals surface area contributed by atoms with E-state index < -0.39 is 6.36 Å². The number of halogens is 3. The summed E-state index contributed by atoms with van der Waals surface area (Å²) in [6.07, 6.45) is -3.11. The Morgan fingerprint density at radius 1 is 1.06 bits per heavy atom. The Kier molecular flexibility index (Phi) is 5.11. The Hall–Kier alpha value is -4.15. The van der Waals surface area contributed by atoms with Gasteiger partial charge in [-0.05, 0) is 43.7 Å². The minimum Gasteiger partial charge on any atom is -0.496 e. The average Bonchev–Trinajstić information content (AvgIpc) is 3.35. The van der Waals surface area contributed by atoms with Gasteiger partial charge in [0.25, 0.3) is 0 Å². The first kappa shape index (κ1) is 21.7. The van der Waals surface area contributed by atoms with Gasteiger partial charge in [-0.15, -0.1) is 18.3 Å². The molecule has 0 amide bonds. The van der Waals surface area contributed by atoms with Crippen molar-refractivity contribution in [2.45, 2.75) is 26.8 Å². The number of pyridine rings is 1. The third kappa shape index (κ3) is 3.89. The van der Waals surface area contributed by atoms with E-state index in [-0.39, 0.29) is 12.3 Å². The molecule has 0 radical (unpaired) electrons. The predicted octanol–water partition coefficient (Wildman–Crippen LogP) is 5.21. The topological polar surface area (TPSA) is 88.1 Å². The Morgan fingerprint density at radius 3 is 2.47 bits per heavy atom. The summed E-state index contributed by atoms with van der Waals surface area (Å²) in [6.45, 7) is 3.98. The molecule has 0 aliphatic rings. The third-order valence-electron chi connectivity index (χ3n) is 5.45. The number of benzene rings is 2. The van der Waals surface area contributed by atoms with Crippen molar-refractivity contribution in [1.29, 1.82) is 0 Å². The van der Waals surface area contributed by atoms with E-state index in [0.29, 0.717) is 22.5 Å². The van der Waals surface area contributed by atoms with Crippen LogP contribution in [0.15, 0.2) is 47.1 Å². The molecule has 0 aliphatic heterocycles. The highest BCUT2D eigenvalue weighted by Gasteiger charge is 2.31. The van der Waals surface area contributed by atoms with E-state index in [1.54, 1.807) is 30.1 Å². The van der Waals surface area contributed by atoms with Crippen molar-refractivity contribution in [2.24, 2.45) is 0 Å². The number of nitrogens with zero attached hydrogens (tertiary/aromatic N) is 5. The molecular weight excluding hydrogens is 451 g/mol. The maximum Gasteiger partial charge on any atom is 0.573 e. The number of hydrogen-bond donors (Lipinski definition) is 0. The molecule has 0 N–H and O–H groups in total. The fraction of sp³-hybridized carbons (Fsp3) is 0.217. The van der Waals surface area contributed by atoms with Crippen LogP contribution in [-0.2, 0) is 6.54 Å². The zero-order valence-electron chi connectivity index (χ0n) is 18.3. The summed E-state index contributed by atoms with van der Waals surface area (Å²) in [4.78, 5) is 4.54. The van der Waals surface area contributed by atoms with E-state index in [2.05, 4.69) is 25.2 Å². The van der Waals surface area contributed by atoms with Gasteiger partial charge < -0.3 is 14.0 Å². The SMILES string of the molecule is COc1cc2c(cc1-c1c(C)noc1C)ncc1nnn(Cc3ccc(OC(F)(F)F)cc3)c12. The van der Waals surface area contributed by atoms with Crippen LogP contribution in [0.5, 0.6) is 11.5 Å². The van der Waals surface area contributed by atoms with Gasteiger partial charge >= 0.3 is 6.36 Å². The van der Waals surface area contributed by atoms with Gasteiger partial charge in [0, 0.05) is 10.9 Å². The molecular formula is C23H18F3N5O3. The van der Waals surface area contributed by atoms with Crippen molar-refractivity contribution in [2.75, 3.05) is 7.11 Å². The van der Waals surface area contributed by atoms with Crippen LogP contribution < -0.4 is 9.47 Å². The molecule has 0 unspecified atom stereocenters. The highest BCUT2D eigenvalue weighted by molar-refractivity contribution is 6.04. The molecule has 0 atom stereocenters. The summed E-state index contributed by atoms with van der Waals surface area (Å²) in [5.41, 5.74) is 5.11. The van der Waals surface area contributed by atoms with Crippen molar-refractivity contribution in [3.63, 3.8) is 0 Å². The second-order valence-corrected chi connectivity index (χ2v) is 7.70. The second-order valence-electron chi connectivity index (χ2n) is 7.70. The van der Waals surface area contributed by atoms with Gasteiger partial charge in [-0.3, -0.25) is 4.98 Å². The van der Waals surface area contributed by atoms with E-state index in [4.69, 9.17) is 9.26 Å². The molecule has 174 valence electrons. The van der Waals surface area contributed by atoms with Crippen molar-refractivity contribution in [3.05, 3.63) is 59.6 Å². The summed E-state index contributed by atoms with van der Waals surface area (Å²) >= 11 is 0. The lowest BCUT2D eigenvalue weighted by Gasteiger charge is -2.12. The number of rotatable bonds is 5. The lowest BCUT2D eigenvalue weighted by molar-refractivity contribution is -0.274. The molecule has 5 rings (SSSR count). The van der Waals surface area contributed by atoms with Crippen molar-refractivity contribution >= 4 is 21.9 Å². The summed E-state index contributed by atoms with van der Waals surface area (Å²) < 4.78 is 53.9. The number of fused-ring (bicyclic) bond motifs is 3. The number of aromatic nitrogens is 5. The van der Waals surface area contributed by atoms with Gasteiger partial charge in [-0.1, -0.05) is 22.5 Å². The standard InChI is InChI=1S/C23H18F3N5O3/c1-12-21(13(2)34-29-12)17-8-18-16(9-20(17)32-3)22-19(10-27-18)28-30-31(22)11-14-4-6-15(7-5-14)33-23(24,25)26/h4-10H,11H2,1-3H3. The maximum atomic E-state index is 12.4. The van der Waals surface area contributed by atoms with Crippen molar-refractivity contribution < 1.29 is 27.2 Å². The molecule has 0 saturated heterocycles. The minimum atomic E-state index is -4.74. The Morgan fingerprint density at radius 2 is 1.82 bits per heavy atom. The normalized spacial score (nSPS) is 11.9. The van der Waals surface area contributed by atoms with Crippen LogP contribution in [0.1, 0.15) is 17.0 Å². The fourth-order valence-corrected chi connectivity index (χ4v) is 4.00. The molecule has 11 heteroatoms. The van der Waals surface area contributed by atoms with Crippen LogP contribution in [0.25, 0.3) is 33.1 Å². The van der Waals surface area contributed by atoms with Crippen molar-refractivity contribution in [1.82, 2.24) is 25.1 Å². The van der Waals surface area contributed by atoms with E-state index in [1.807, 2.05) is 26.0 Å². The number of aryl methyl sites for hydroxylation is 2. The summed E-state index contributed by atoms with van der Waals surface area (Å²) in [7, 11) is 1.58. The van der Waals surface area contributed by atoms with E-state index in [0.717, 1.165) is 33.3 Å². The van der Waals surface area contributed by atoms with Crippen LogP contribution in [0.3, 0.4) is 0 Å². The monoisotopic (exact) mass is 469 g/mol. The van der Waals surface area contributed by atoms with Crippen molar-refractivity contribution in [3.8, 4) is 22.6 Å². The molecule has 3 aromatic heterocycles. The zero-order chi connectivity index (χ0) is 24.0. The van der Waals surface area contributed by atoms with Gasteiger partial charge in [-0.25, -0.2) is 4.68 Å². The third-order valence-corrected chi connectivity index (χ3v) is 5.45. The van der Waals surface area contributed by atoms with Crippen LogP contribution in [-0.4, -0.2) is 38.6 Å². The number of methoxy groups -OCH3 is 1. The molecule has 0 spiro atoms. The van der Waals surface area contributed by atoms with Crippen LogP contribution in [0.2, 0.25) is 0 Å². The highest BCUT2D eigenvalue weighted by Crippen LogP contribution is 2.38. The molecule has 2 aromatic carbocycles. The number of hydrogen-bond acceptors (Lipinski definition) is 7. The van der Waals surface area contributed by atoms with Gasteiger partial charge in [0.1, 0.15) is 28.3 Å². The molecule has 3 heterocycles. The van der Waals surface area contributed by atoms with E-state index in [9.17, 15) is 13.2 Å². The molecule has 34 heavy (non-hydrogen) atoms. The summed E-state index contributed by atoms with van der Waals surface area (Å²) in [6, 6.07) is 9.40. The molecule has 5 aromatic rings. The van der Waals surface area contributed by atoms with E-state index in [1.165, 1.54) is 12.1 Å². The summed E-state index contributed by atoms with van der Waals surface area (Å²) in [5, 5.41) is 13.2. The van der Waals surface area contributed by atoms with Crippen LogP contribution in [0, 0.1) is 13.8 Å². The van der Waals surface area contributed by atoms with Gasteiger partial charge in [0.15, 0.2) is 0 Å². The fourth-order valence-electron chi connectivity index (χ4n) is 4.00. The second kappa shape index (κ2) is 8.01. The average molecular weight is 469 g/mol. The zero-order valence-corrected chi connectivity index (χ0v) is 18.3. The molecule has 8 nitrogen and oxygen atoms in total. The smallest absolute Gasteiger partial charge is 0.496 e. The summed E-state index contributed by atoms with van der Waals surface area (Å²) in [5.74, 6) is 0.990. The van der Waals surface area contributed by atoms with Gasteiger partial charge in [-0.2, -0.15) is 0 Å². The maximum absolute atomic E-state index is 12.4. The Balaban J connectivity index is 1.58. The molecule has 0 fully saturated rings. The van der Waals surface area contributed by atoms with E-state index >= 15 is 0 Å². The van der Waals surface area contributed by atoms with Gasteiger partial charge in [0.05, 0.1) is 36.6 Å². The molecule has 0 saturated carbocycles. The highest BCUT2D eigenvalue weighted by atomic mass is 19.4. The molecule has 0 bridgehead atoms. The first-order valence-electron chi connectivity index (χ1n) is 10.2. The Labute approximate surface area is 190 Å². The first-order chi connectivity index (χ1) is 16.2. The van der Waals surface area contributed by atoms with Crippen LogP contribution >= 0.6 is 0 Å². The lowest BCUT2D eigenvalue weighted by Crippen LogP contribution is -2.17. The first-order valence-corrected chi connectivity index (χ1v) is 10.2. The number of ether oxygens (including phenoxy) is 2. The Bertz CT molecular complexity index is 1490. The van der Waals surface area contributed by atoms with Gasteiger partial charge in [0.2, 0.25) is 0 Å². The molecule has 0 aliphatic carbocycles. The largest absolute Gasteiger partial charge is 0.573 e. The number of alkyl halides is 3. The van der Waals surface area contributed by atoms with Crippen LogP contribution in [0.4, 0.5) is 13.2 Å². The lowest BCUT2D eigenvalue weighted by atomic mass is 10.0. The predicted molar refractivity (Wildman–Crippen MR) is 117 cm³/mol.